The molecular formula is C12H14O3S. The second-order valence-electron chi connectivity index (χ2n) is 4.00. The van der Waals surface area contributed by atoms with Crippen LogP contribution < -0.4 is 0 Å². The minimum absolute atomic E-state index is 0.282. The number of hydrogen-bond donors (Lipinski definition) is 0. The summed E-state index contributed by atoms with van der Waals surface area (Å²) in [5, 5.41) is -0.282. The zero-order valence-electron chi connectivity index (χ0n) is 9.09. The van der Waals surface area contributed by atoms with Gasteiger partial charge in [0, 0.05) is 0 Å². The summed E-state index contributed by atoms with van der Waals surface area (Å²) in [5.74, 6) is 0. The van der Waals surface area contributed by atoms with Gasteiger partial charge in [0.05, 0.1) is 5.25 Å². The van der Waals surface area contributed by atoms with Gasteiger partial charge in [0.2, 0.25) is 0 Å². The van der Waals surface area contributed by atoms with Crippen molar-refractivity contribution >= 4 is 16.2 Å². The largest absolute Gasteiger partial charge is 0.390 e. The van der Waals surface area contributed by atoms with Gasteiger partial charge in [-0.1, -0.05) is 29.8 Å². The van der Waals surface area contributed by atoms with Crippen molar-refractivity contribution in [3.05, 3.63) is 41.7 Å². The molecule has 0 atom stereocenters. The molecule has 1 aromatic carbocycles. The third kappa shape index (κ3) is 2.85. The van der Waals surface area contributed by atoms with Crippen molar-refractivity contribution in [1.82, 2.24) is 0 Å². The number of hydrogen-bond acceptors (Lipinski definition) is 3. The highest BCUT2D eigenvalue weighted by Gasteiger charge is 2.36. The number of benzene rings is 1. The fraction of sp³-hybridized carbons (Fsp3) is 0.333. The van der Waals surface area contributed by atoms with Gasteiger partial charge >= 0.3 is 10.1 Å². The molecule has 1 saturated carbocycles. The Morgan fingerprint density at radius 1 is 1.25 bits per heavy atom. The monoisotopic (exact) mass is 238 g/mol. The molecule has 1 aliphatic carbocycles. The number of aryl methyl sites for hydroxylation is 1. The van der Waals surface area contributed by atoms with Gasteiger partial charge in [0.1, 0.15) is 6.26 Å². The minimum atomic E-state index is -3.35. The van der Waals surface area contributed by atoms with Crippen LogP contribution in [0.5, 0.6) is 0 Å². The van der Waals surface area contributed by atoms with Crippen molar-refractivity contribution in [2.24, 2.45) is 0 Å². The summed E-state index contributed by atoms with van der Waals surface area (Å²) in [4.78, 5) is 0. The predicted octanol–water partition coefficient (Wildman–Crippen LogP) is 2.47. The molecule has 0 spiro atoms. The first kappa shape index (κ1) is 11.2. The summed E-state index contributed by atoms with van der Waals surface area (Å²) in [7, 11) is -3.35. The van der Waals surface area contributed by atoms with E-state index in [0.29, 0.717) is 0 Å². The van der Waals surface area contributed by atoms with Crippen molar-refractivity contribution in [2.75, 3.05) is 0 Å². The van der Waals surface area contributed by atoms with Crippen molar-refractivity contribution in [2.45, 2.75) is 25.0 Å². The molecule has 0 heterocycles. The highest BCUT2D eigenvalue weighted by atomic mass is 32.2. The van der Waals surface area contributed by atoms with E-state index in [1.165, 1.54) is 11.8 Å². The van der Waals surface area contributed by atoms with Gasteiger partial charge in [0.15, 0.2) is 0 Å². The molecule has 4 heteroatoms. The first-order valence-corrected chi connectivity index (χ1v) is 6.70. The Morgan fingerprint density at radius 2 is 1.88 bits per heavy atom. The molecule has 1 aromatic rings. The SMILES string of the molecule is Cc1ccc(C=COS(=O)(=O)C2CC2)cc1. The Kier molecular flexibility index (Phi) is 3.01. The van der Waals surface area contributed by atoms with Gasteiger partial charge in [0.25, 0.3) is 0 Å². The van der Waals surface area contributed by atoms with Crippen molar-refractivity contribution in [3.8, 4) is 0 Å². The van der Waals surface area contributed by atoms with E-state index >= 15 is 0 Å². The van der Waals surface area contributed by atoms with Crippen molar-refractivity contribution in [3.63, 3.8) is 0 Å². The van der Waals surface area contributed by atoms with Gasteiger partial charge in [-0.15, -0.1) is 0 Å². The molecule has 0 bridgehead atoms. The van der Waals surface area contributed by atoms with Crippen LogP contribution in [0, 0.1) is 6.92 Å². The lowest BCUT2D eigenvalue weighted by atomic mass is 10.1. The summed E-state index contributed by atoms with van der Waals surface area (Å²) in [6.07, 6.45) is 4.35. The first-order valence-electron chi connectivity index (χ1n) is 5.23. The molecule has 0 aromatic heterocycles. The van der Waals surface area contributed by atoms with E-state index in [9.17, 15) is 8.42 Å². The van der Waals surface area contributed by atoms with Crippen LogP contribution in [0.3, 0.4) is 0 Å². The number of rotatable bonds is 4. The maximum Gasteiger partial charge on any atom is 0.311 e. The van der Waals surface area contributed by atoms with Crippen LogP contribution in [-0.4, -0.2) is 13.7 Å². The van der Waals surface area contributed by atoms with E-state index in [0.717, 1.165) is 18.4 Å². The van der Waals surface area contributed by atoms with Crippen molar-refractivity contribution < 1.29 is 12.6 Å². The van der Waals surface area contributed by atoms with Gasteiger partial charge in [-0.2, -0.15) is 8.42 Å². The third-order valence-electron chi connectivity index (χ3n) is 2.46. The molecule has 16 heavy (non-hydrogen) atoms. The smallest absolute Gasteiger partial charge is 0.311 e. The molecule has 2 rings (SSSR count). The Labute approximate surface area is 95.9 Å². The summed E-state index contributed by atoms with van der Waals surface area (Å²) in [6, 6.07) is 7.77. The van der Waals surface area contributed by atoms with Gasteiger partial charge in [-0.3, -0.25) is 0 Å². The molecule has 0 aliphatic heterocycles. The molecule has 86 valence electrons. The Balaban J connectivity index is 1.97. The van der Waals surface area contributed by atoms with Crippen LogP contribution in [0.25, 0.3) is 6.08 Å². The molecule has 0 unspecified atom stereocenters. The first-order chi connectivity index (χ1) is 7.58. The molecular weight excluding hydrogens is 224 g/mol. The summed E-state index contributed by atoms with van der Waals surface area (Å²) in [6.45, 7) is 2.00. The van der Waals surface area contributed by atoms with Gasteiger partial charge in [-0.05, 0) is 31.4 Å². The molecule has 0 N–H and O–H groups in total. The lowest BCUT2D eigenvalue weighted by Gasteiger charge is -1.99. The van der Waals surface area contributed by atoms with E-state index in [4.69, 9.17) is 4.18 Å². The standard InChI is InChI=1S/C12H14O3S/c1-10-2-4-11(5-3-10)8-9-15-16(13,14)12-6-7-12/h2-5,8-9,12H,6-7H2,1H3. The fourth-order valence-electron chi connectivity index (χ4n) is 1.30. The molecule has 3 nitrogen and oxygen atoms in total. The van der Waals surface area contributed by atoms with Crippen molar-refractivity contribution in [1.29, 1.82) is 0 Å². The van der Waals surface area contributed by atoms with Crippen LogP contribution in [-0.2, 0) is 14.3 Å². The average Bonchev–Trinajstić information content (AvgIpc) is 3.04. The minimum Gasteiger partial charge on any atom is -0.390 e. The van der Waals surface area contributed by atoms with E-state index in [1.807, 2.05) is 31.2 Å². The molecule has 0 saturated heterocycles. The lowest BCUT2D eigenvalue weighted by Crippen LogP contribution is -2.06. The normalized spacial score (nSPS) is 16.6. The lowest BCUT2D eigenvalue weighted by molar-refractivity contribution is 0.444. The van der Waals surface area contributed by atoms with E-state index in [-0.39, 0.29) is 5.25 Å². The summed E-state index contributed by atoms with van der Waals surface area (Å²) < 4.78 is 27.5. The maximum absolute atomic E-state index is 11.4. The zero-order chi connectivity index (χ0) is 11.6. The zero-order valence-corrected chi connectivity index (χ0v) is 9.91. The van der Waals surface area contributed by atoms with Gasteiger partial charge in [-0.25, -0.2) is 0 Å². The van der Waals surface area contributed by atoms with Crippen LogP contribution in [0.15, 0.2) is 30.5 Å². The average molecular weight is 238 g/mol. The maximum atomic E-state index is 11.4. The quantitative estimate of drug-likeness (QED) is 0.598. The summed E-state index contributed by atoms with van der Waals surface area (Å²) in [5.41, 5.74) is 2.10. The van der Waals surface area contributed by atoms with Crippen LogP contribution in [0.2, 0.25) is 0 Å². The highest BCUT2D eigenvalue weighted by molar-refractivity contribution is 7.87. The van der Waals surface area contributed by atoms with E-state index in [2.05, 4.69) is 0 Å². The molecule has 1 fully saturated rings. The van der Waals surface area contributed by atoms with Gasteiger partial charge < -0.3 is 4.18 Å². The highest BCUT2D eigenvalue weighted by Crippen LogP contribution is 2.29. The fourth-order valence-corrected chi connectivity index (χ4v) is 2.38. The third-order valence-corrected chi connectivity index (χ3v) is 4.13. The van der Waals surface area contributed by atoms with Crippen LogP contribution in [0.4, 0.5) is 0 Å². The molecule has 1 aliphatic rings. The van der Waals surface area contributed by atoms with E-state index < -0.39 is 10.1 Å². The Hall–Kier alpha value is -1.29. The Morgan fingerprint density at radius 3 is 2.44 bits per heavy atom. The Bertz CT molecular complexity index is 482. The molecule has 0 amide bonds. The topological polar surface area (TPSA) is 43.4 Å². The molecule has 0 radical (unpaired) electrons. The summed E-state index contributed by atoms with van der Waals surface area (Å²) >= 11 is 0. The van der Waals surface area contributed by atoms with Crippen LogP contribution >= 0.6 is 0 Å². The second-order valence-corrected chi connectivity index (χ2v) is 5.85. The second kappa shape index (κ2) is 4.29. The van der Waals surface area contributed by atoms with E-state index in [1.54, 1.807) is 6.08 Å². The predicted molar refractivity (Wildman–Crippen MR) is 63.2 cm³/mol. The van der Waals surface area contributed by atoms with Crippen LogP contribution in [0.1, 0.15) is 24.0 Å².